The summed E-state index contributed by atoms with van der Waals surface area (Å²) in [5.41, 5.74) is 0.262. The van der Waals surface area contributed by atoms with E-state index in [9.17, 15) is 0 Å². The predicted molar refractivity (Wildman–Crippen MR) is 57.0 cm³/mol. The summed E-state index contributed by atoms with van der Waals surface area (Å²) >= 11 is 0. The molecule has 0 spiro atoms. The van der Waals surface area contributed by atoms with Crippen LogP contribution in [0.15, 0.2) is 10.4 Å². The molecule has 0 saturated carbocycles. The van der Waals surface area contributed by atoms with E-state index in [1.54, 1.807) is 0 Å². The van der Waals surface area contributed by atoms with Gasteiger partial charge in [0.15, 0.2) is 6.10 Å². The molecule has 2 unspecified atom stereocenters. The van der Waals surface area contributed by atoms with E-state index in [4.69, 9.17) is 4.84 Å². The first kappa shape index (κ1) is 11.5. The minimum Gasteiger partial charge on any atom is -0.373 e. The molecule has 0 amide bonds. The highest BCUT2D eigenvalue weighted by Gasteiger charge is 2.45. The molecule has 3 heteroatoms. The lowest BCUT2D eigenvalue weighted by Gasteiger charge is -2.35. The third-order valence-corrected chi connectivity index (χ3v) is 3.19. The second-order valence-electron chi connectivity index (χ2n) is 5.88. The van der Waals surface area contributed by atoms with Crippen LogP contribution in [0.1, 0.15) is 48.0 Å². The molecule has 0 radical (unpaired) electrons. The Morgan fingerprint density at radius 2 is 1.71 bits per heavy atom. The molecule has 1 aliphatic heterocycles. The summed E-state index contributed by atoms with van der Waals surface area (Å²) in [6, 6.07) is 0.178. The van der Waals surface area contributed by atoms with E-state index in [0.717, 1.165) is 6.42 Å². The van der Waals surface area contributed by atoms with Gasteiger partial charge < -0.3 is 4.84 Å². The van der Waals surface area contributed by atoms with Gasteiger partial charge in [-0.25, -0.2) is 0 Å². The van der Waals surface area contributed by atoms with Gasteiger partial charge in [0.2, 0.25) is 0 Å². The lowest BCUT2D eigenvalue weighted by Crippen LogP contribution is -2.43. The quantitative estimate of drug-likeness (QED) is 0.667. The van der Waals surface area contributed by atoms with Gasteiger partial charge >= 0.3 is 0 Å². The van der Waals surface area contributed by atoms with Crippen LogP contribution in [0.3, 0.4) is 0 Å². The lowest BCUT2D eigenvalue weighted by molar-refractivity contribution is -0.0273. The van der Waals surface area contributed by atoms with Crippen molar-refractivity contribution in [3.63, 3.8) is 0 Å². The molecule has 0 aliphatic carbocycles. The molecule has 82 valence electrons. The summed E-state index contributed by atoms with van der Waals surface area (Å²) in [5, 5.41) is 7.96. The van der Waals surface area contributed by atoms with E-state index >= 15 is 0 Å². The first-order chi connectivity index (χ1) is 6.29. The molecule has 3 nitrogen and oxygen atoms in total. The molecule has 0 bridgehead atoms. The maximum absolute atomic E-state index is 5.41. The summed E-state index contributed by atoms with van der Waals surface area (Å²) in [4.78, 5) is 5.41. The second kappa shape index (κ2) is 3.52. The smallest absolute Gasteiger partial charge is 0.159 e. The fraction of sp³-hybridized carbons (Fsp3) is 1.00. The zero-order chi connectivity index (χ0) is 11.0. The fourth-order valence-corrected chi connectivity index (χ4v) is 1.65. The Hall–Kier alpha value is -0.600. The van der Waals surface area contributed by atoms with Gasteiger partial charge in [0, 0.05) is 10.7 Å². The lowest BCUT2D eigenvalue weighted by atomic mass is 9.73. The Balaban J connectivity index is 2.83. The van der Waals surface area contributed by atoms with Crippen molar-refractivity contribution < 1.29 is 4.84 Å². The van der Waals surface area contributed by atoms with Crippen LogP contribution in [-0.4, -0.2) is 12.1 Å². The highest BCUT2D eigenvalue weighted by molar-refractivity contribution is 4.95. The minimum atomic E-state index is 0.118. The van der Waals surface area contributed by atoms with Crippen molar-refractivity contribution in [3.8, 4) is 0 Å². The standard InChI is InChI=1S/C11H22N2O/c1-7-11(5,6)9-8(10(2,3)4)12-13-14-9/h8-9H,7H2,1-6H3. The third-order valence-electron chi connectivity index (χ3n) is 3.19. The Morgan fingerprint density at radius 3 is 2.14 bits per heavy atom. The first-order valence-electron chi connectivity index (χ1n) is 5.35. The van der Waals surface area contributed by atoms with E-state index < -0.39 is 0 Å². The summed E-state index contributed by atoms with van der Waals surface area (Å²) in [6.07, 6.45) is 1.20. The normalized spacial score (nSPS) is 27.9. The molecule has 0 fully saturated rings. The van der Waals surface area contributed by atoms with Crippen molar-refractivity contribution in [3.05, 3.63) is 0 Å². The molecule has 1 heterocycles. The zero-order valence-electron chi connectivity index (χ0n) is 10.2. The summed E-state index contributed by atoms with van der Waals surface area (Å²) in [5.74, 6) is 0. The highest BCUT2D eigenvalue weighted by Crippen LogP contribution is 2.40. The van der Waals surface area contributed by atoms with Crippen LogP contribution >= 0.6 is 0 Å². The predicted octanol–water partition coefficient (Wildman–Crippen LogP) is 3.60. The fourth-order valence-electron chi connectivity index (χ4n) is 1.65. The maximum Gasteiger partial charge on any atom is 0.159 e. The summed E-state index contributed by atoms with van der Waals surface area (Å²) < 4.78 is 0. The zero-order valence-corrected chi connectivity index (χ0v) is 10.2. The molecule has 2 atom stereocenters. The minimum absolute atomic E-state index is 0.118. The van der Waals surface area contributed by atoms with E-state index in [1.165, 1.54) is 0 Å². The summed E-state index contributed by atoms with van der Waals surface area (Å²) in [6.45, 7) is 13.2. The topological polar surface area (TPSA) is 34.0 Å². The van der Waals surface area contributed by atoms with Gasteiger partial charge in [-0.15, -0.1) is 5.11 Å². The van der Waals surface area contributed by atoms with Crippen molar-refractivity contribution in [2.24, 2.45) is 21.2 Å². The van der Waals surface area contributed by atoms with E-state index in [-0.39, 0.29) is 23.0 Å². The Bertz CT molecular complexity index is 228. The Morgan fingerprint density at radius 1 is 1.14 bits per heavy atom. The number of rotatable bonds is 2. The number of hydrogen-bond donors (Lipinski definition) is 0. The van der Waals surface area contributed by atoms with Crippen LogP contribution in [0.4, 0.5) is 0 Å². The second-order valence-corrected chi connectivity index (χ2v) is 5.88. The Labute approximate surface area is 86.9 Å². The van der Waals surface area contributed by atoms with Gasteiger partial charge in [0.1, 0.15) is 6.04 Å². The summed E-state index contributed by atoms with van der Waals surface area (Å²) in [7, 11) is 0. The molecule has 0 aromatic rings. The van der Waals surface area contributed by atoms with Gasteiger partial charge in [0.05, 0.1) is 0 Å². The van der Waals surface area contributed by atoms with Crippen LogP contribution in [0.25, 0.3) is 0 Å². The highest BCUT2D eigenvalue weighted by atomic mass is 16.7. The molecule has 0 saturated heterocycles. The molecule has 14 heavy (non-hydrogen) atoms. The SMILES string of the molecule is CCC(C)(C)C1ON=NC1C(C)(C)C. The average molecular weight is 198 g/mol. The van der Waals surface area contributed by atoms with Crippen LogP contribution in [0, 0.1) is 10.8 Å². The van der Waals surface area contributed by atoms with Crippen LogP contribution in [0.5, 0.6) is 0 Å². The number of hydrogen-bond acceptors (Lipinski definition) is 3. The van der Waals surface area contributed by atoms with Gasteiger partial charge in [0.25, 0.3) is 0 Å². The van der Waals surface area contributed by atoms with Gasteiger partial charge in [-0.1, -0.05) is 41.5 Å². The molecular weight excluding hydrogens is 176 g/mol. The van der Waals surface area contributed by atoms with Crippen LogP contribution < -0.4 is 0 Å². The van der Waals surface area contributed by atoms with Crippen molar-refractivity contribution in [1.29, 1.82) is 0 Å². The maximum atomic E-state index is 5.41. The molecule has 0 aromatic heterocycles. The van der Waals surface area contributed by atoms with Gasteiger partial charge in [-0.3, -0.25) is 0 Å². The average Bonchev–Trinajstić information content (AvgIpc) is 2.51. The van der Waals surface area contributed by atoms with Crippen molar-refractivity contribution >= 4 is 0 Å². The van der Waals surface area contributed by atoms with E-state index in [2.05, 4.69) is 51.9 Å². The molecule has 0 aromatic carbocycles. The van der Waals surface area contributed by atoms with Gasteiger partial charge in [-0.05, 0) is 11.8 Å². The molecular formula is C11H22N2O. The van der Waals surface area contributed by atoms with Crippen LogP contribution in [0.2, 0.25) is 0 Å². The molecule has 0 N–H and O–H groups in total. The number of nitrogens with zero attached hydrogens (tertiary/aromatic N) is 2. The first-order valence-corrected chi connectivity index (χ1v) is 5.35. The van der Waals surface area contributed by atoms with E-state index in [1.807, 2.05) is 0 Å². The van der Waals surface area contributed by atoms with Crippen molar-refractivity contribution in [1.82, 2.24) is 0 Å². The third kappa shape index (κ3) is 2.07. The van der Waals surface area contributed by atoms with Crippen molar-refractivity contribution in [2.45, 2.75) is 60.1 Å². The van der Waals surface area contributed by atoms with E-state index in [0.29, 0.717) is 0 Å². The molecule has 1 aliphatic rings. The van der Waals surface area contributed by atoms with Crippen molar-refractivity contribution in [2.75, 3.05) is 0 Å². The van der Waals surface area contributed by atoms with Crippen LogP contribution in [-0.2, 0) is 4.84 Å². The largest absolute Gasteiger partial charge is 0.373 e. The monoisotopic (exact) mass is 198 g/mol. The Kier molecular flexibility index (Phi) is 2.88. The molecule has 1 rings (SSSR count). The van der Waals surface area contributed by atoms with Gasteiger partial charge in [-0.2, -0.15) is 0 Å².